The number of esters is 1. The van der Waals surface area contributed by atoms with Gasteiger partial charge in [0.15, 0.2) is 23.0 Å². The van der Waals surface area contributed by atoms with E-state index in [4.69, 9.17) is 28.4 Å². The normalized spacial score (nSPS) is 13.4. The molecule has 0 bridgehead atoms. The zero-order valence-corrected chi connectivity index (χ0v) is 19.6. The van der Waals surface area contributed by atoms with Crippen molar-refractivity contribution in [3.63, 3.8) is 0 Å². The second kappa shape index (κ2) is 8.57. The molecule has 2 aliphatic rings. The summed E-state index contributed by atoms with van der Waals surface area (Å²) < 4.78 is 33.9. The van der Waals surface area contributed by atoms with Gasteiger partial charge >= 0.3 is 5.97 Å². The number of cyclic esters (lactones) is 1. The van der Waals surface area contributed by atoms with Crippen molar-refractivity contribution < 1.29 is 38.3 Å². The number of carbonyl (C=O) groups excluding carboxylic acids is 1. The zero-order valence-electron chi connectivity index (χ0n) is 19.6. The summed E-state index contributed by atoms with van der Waals surface area (Å²) >= 11 is 0. The molecule has 8 heteroatoms. The number of methoxy groups -OCH3 is 2. The highest BCUT2D eigenvalue weighted by molar-refractivity contribution is 6.14. The van der Waals surface area contributed by atoms with Crippen LogP contribution in [0.4, 0.5) is 0 Å². The van der Waals surface area contributed by atoms with Gasteiger partial charge in [-0.1, -0.05) is 30.3 Å². The van der Waals surface area contributed by atoms with Crippen molar-refractivity contribution in [1.29, 1.82) is 0 Å². The molecule has 6 rings (SSSR count). The fourth-order valence-electron chi connectivity index (χ4n) is 4.68. The van der Waals surface area contributed by atoms with E-state index in [-0.39, 0.29) is 24.7 Å². The highest BCUT2D eigenvalue weighted by atomic mass is 16.7. The van der Waals surface area contributed by atoms with Gasteiger partial charge in [0.1, 0.15) is 24.7 Å². The summed E-state index contributed by atoms with van der Waals surface area (Å²) in [6.07, 6.45) is 0. The quantitative estimate of drug-likeness (QED) is 0.372. The molecule has 182 valence electrons. The molecule has 4 aromatic carbocycles. The Bertz CT molecular complexity index is 1510. The van der Waals surface area contributed by atoms with Crippen LogP contribution in [-0.4, -0.2) is 32.1 Å². The molecule has 0 fully saturated rings. The number of carbonyl (C=O) groups is 1. The van der Waals surface area contributed by atoms with Gasteiger partial charge in [-0.3, -0.25) is 0 Å². The maximum absolute atomic E-state index is 13.0. The summed E-state index contributed by atoms with van der Waals surface area (Å²) in [7, 11) is 3.05. The second-order valence-electron chi connectivity index (χ2n) is 8.38. The number of phenols is 1. The molecule has 8 nitrogen and oxygen atoms in total. The van der Waals surface area contributed by atoms with Crippen LogP contribution in [0.15, 0.2) is 54.6 Å². The SMILES string of the molecule is COc1cc2c(O)c3c(c(-c4cc5c(cc4OCc4ccccc4)OCO5)c2cc1OC)C(=O)OC3. The van der Waals surface area contributed by atoms with E-state index in [0.717, 1.165) is 5.56 Å². The molecule has 0 saturated carbocycles. The minimum absolute atomic E-state index is 0.0388. The van der Waals surface area contributed by atoms with Crippen molar-refractivity contribution in [2.24, 2.45) is 0 Å². The van der Waals surface area contributed by atoms with E-state index in [0.29, 0.717) is 62.8 Å². The number of fused-ring (bicyclic) bond motifs is 3. The van der Waals surface area contributed by atoms with Crippen molar-refractivity contribution in [2.45, 2.75) is 13.2 Å². The van der Waals surface area contributed by atoms with Gasteiger partial charge in [-0.25, -0.2) is 4.79 Å². The number of aromatic hydroxyl groups is 1. The van der Waals surface area contributed by atoms with Gasteiger partial charge in [-0.15, -0.1) is 0 Å². The molecule has 1 N–H and O–H groups in total. The lowest BCUT2D eigenvalue weighted by molar-refractivity contribution is 0.0535. The molecule has 0 atom stereocenters. The third-order valence-electron chi connectivity index (χ3n) is 6.42. The Morgan fingerprint density at radius 3 is 2.25 bits per heavy atom. The lowest BCUT2D eigenvalue weighted by atomic mass is 9.88. The Balaban J connectivity index is 1.63. The van der Waals surface area contributed by atoms with Crippen LogP contribution in [0, 0.1) is 0 Å². The minimum Gasteiger partial charge on any atom is -0.507 e. The van der Waals surface area contributed by atoms with Crippen LogP contribution in [0.25, 0.3) is 21.9 Å². The molecule has 0 saturated heterocycles. The number of phenolic OH excluding ortho intramolecular Hbond substituents is 1. The Labute approximate surface area is 206 Å². The van der Waals surface area contributed by atoms with Crippen molar-refractivity contribution in [1.82, 2.24) is 0 Å². The molecule has 2 aliphatic heterocycles. The topological polar surface area (TPSA) is 92.7 Å². The van der Waals surface area contributed by atoms with Gasteiger partial charge in [0.05, 0.1) is 19.8 Å². The van der Waals surface area contributed by atoms with Crippen LogP contribution in [0.5, 0.6) is 34.5 Å². The molecule has 0 amide bonds. The Morgan fingerprint density at radius 1 is 0.833 bits per heavy atom. The number of benzene rings is 4. The first kappa shape index (κ1) is 21.9. The molecule has 36 heavy (non-hydrogen) atoms. The van der Waals surface area contributed by atoms with Crippen molar-refractivity contribution in [3.8, 4) is 45.6 Å². The van der Waals surface area contributed by atoms with E-state index in [1.807, 2.05) is 30.3 Å². The predicted octanol–water partition coefficient (Wildman–Crippen LogP) is 5.21. The highest BCUT2D eigenvalue weighted by Crippen LogP contribution is 2.51. The zero-order chi connectivity index (χ0) is 24.8. The molecular weight excluding hydrogens is 464 g/mol. The summed E-state index contributed by atoms with van der Waals surface area (Å²) in [5.41, 5.74) is 2.80. The third kappa shape index (κ3) is 3.41. The van der Waals surface area contributed by atoms with Crippen LogP contribution in [0.2, 0.25) is 0 Å². The summed E-state index contributed by atoms with van der Waals surface area (Å²) in [6.45, 7) is 0.341. The fourth-order valence-corrected chi connectivity index (χ4v) is 4.68. The van der Waals surface area contributed by atoms with E-state index in [1.54, 1.807) is 24.3 Å². The minimum atomic E-state index is -0.529. The van der Waals surface area contributed by atoms with Gasteiger partial charge in [-0.2, -0.15) is 0 Å². The maximum atomic E-state index is 13.0. The molecule has 4 aromatic rings. The molecule has 2 heterocycles. The fraction of sp³-hybridized carbons (Fsp3) is 0.179. The first-order chi connectivity index (χ1) is 17.6. The first-order valence-electron chi connectivity index (χ1n) is 11.3. The molecule has 0 radical (unpaired) electrons. The van der Waals surface area contributed by atoms with Crippen LogP contribution in [-0.2, 0) is 18.0 Å². The van der Waals surface area contributed by atoms with Gasteiger partial charge in [0.25, 0.3) is 0 Å². The van der Waals surface area contributed by atoms with Crippen LogP contribution in [0.1, 0.15) is 21.5 Å². The van der Waals surface area contributed by atoms with Gasteiger partial charge < -0.3 is 33.5 Å². The molecule has 0 unspecified atom stereocenters. The van der Waals surface area contributed by atoms with Crippen molar-refractivity contribution in [2.75, 3.05) is 21.0 Å². The predicted molar refractivity (Wildman–Crippen MR) is 130 cm³/mol. The smallest absolute Gasteiger partial charge is 0.339 e. The molecule has 0 aliphatic carbocycles. The monoisotopic (exact) mass is 486 g/mol. The average Bonchev–Trinajstić information content (AvgIpc) is 3.53. The Hall–Kier alpha value is -4.59. The van der Waals surface area contributed by atoms with E-state index in [2.05, 4.69) is 0 Å². The van der Waals surface area contributed by atoms with Gasteiger partial charge in [-0.05, 0) is 29.1 Å². The molecule has 0 spiro atoms. The Morgan fingerprint density at radius 2 is 1.53 bits per heavy atom. The number of rotatable bonds is 6. The van der Waals surface area contributed by atoms with Crippen molar-refractivity contribution >= 4 is 16.7 Å². The Kier molecular flexibility index (Phi) is 5.21. The summed E-state index contributed by atoms with van der Waals surface area (Å²) in [5, 5.41) is 12.2. The lowest BCUT2D eigenvalue weighted by Crippen LogP contribution is -2.03. The second-order valence-corrected chi connectivity index (χ2v) is 8.38. The maximum Gasteiger partial charge on any atom is 0.339 e. The van der Waals surface area contributed by atoms with Crippen LogP contribution in [0.3, 0.4) is 0 Å². The van der Waals surface area contributed by atoms with E-state index >= 15 is 0 Å². The van der Waals surface area contributed by atoms with Crippen molar-refractivity contribution in [3.05, 3.63) is 71.3 Å². The first-order valence-corrected chi connectivity index (χ1v) is 11.3. The van der Waals surface area contributed by atoms with E-state index in [9.17, 15) is 9.90 Å². The standard InChI is InChI=1S/C28H22O8/c1-31-21-8-16-17(9-22(21)32-2)27(29)19-13-34-28(30)26(19)25(16)18-10-23-24(36-14-35-23)11-20(18)33-12-15-6-4-3-5-7-15/h3-11,29H,12-14H2,1-2H3. The van der Waals surface area contributed by atoms with Gasteiger partial charge in [0.2, 0.25) is 6.79 Å². The van der Waals surface area contributed by atoms with E-state index in [1.165, 1.54) is 14.2 Å². The van der Waals surface area contributed by atoms with Crippen LogP contribution >= 0.6 is 0 Å². The average molecular weight is 486 g/mol. The molecule has 0 aromatic heterocycles. The lowest BCUT2D eigenvalue weighted by Gasteiger charge is -2.19. The third-order valence-corrected chi connectivity index (χ3v) is 6.42. The summed E-state index contributed by atoms with van der Waals surface area (Å²) in [4.78, 5) is 13.0. The van der Waals surface area contributed by atoms with E-state index < -0.39 is 5.97 Å². The van der Waals surface area contributed by atoms with Gasteiger partial charge in [0, 0.05) is 28.1 Å². The summed E-state index contributed by atoms with van der Waals surface area (Å²) in [6, 6.07) is 16.7. The number of ether oxygens (including phenoxy) is 6. The highest BCUT2D eigenvalue weighted by Gasteiger charge is 2.34. The largest absolute Gasteiger partial charge is 0.507 e. The number of hydrogen-bond acceptors (Lipinski definition) is 8. The number of hydrogen-bond donors (Lipinski definition) is 1. The summed E-state index contributed by atoms with van der Waals surface area (Å²) in [5.74, 6) is 1.89. The van der Waals surface area contributed by atoms with Crippen LogP contribution < -0.4 is 23.7 Å². The molecular formula is C28H22O8.